The molecular formula is C25H34O9. The molecule has 0 spiro atoms. The summed E-state index contributed by atoms with van der Waals surface area (Å²) in [5.41, 5.74) is -0.563. The minimum atomic E-state index is -0.839. The largest absolute Gasteiger partial charge is 0.459 e. The summed E-state index contributed by atoms with van der Waals surface area (Å²) < 4.78 is 34.1. The van der Waals surface area contributed by atoms with Crippen LogP contribution in [0.1, 0.15) is 53.9 Å². The average Bonchev–Trinajstić information content (AvgIpc) is 2.74. The van der Waals surface area contributed by atoms with Crippen LogP contribution in [-0.4, -0.2) is 73.3 Å². The van der Waals surface area contributed by atoms with Crippen LogP contribution in [0, 0.1) is 17.8 Å². The van der Waals surface area contributed by atoms with E-state index < -0.39 is 54.0 Å². The summed E-state index contributed by atoms with van der Waals surface area (Å²) in [6.07, 6.45) is 1.82. The van der Waals surface area contributed by atoms with E-state index in [2.05, 4.69) is 11.8 Å². The van der Waals surface area contributed by atoms with Crippen LogP contribution in [-0.2, 0) is 42.8 Å². The van der Waals surface area contributed by atoms with Gasteiger partial charge >= 0.3 is 17.9 Å². The third-order valence-electron chi connectivity index (χ3n) is 5.51. The number of fused-ring (bicyclic) bond motifs is 1. The summed E-state index contributed by atoms with van der Waals surface area (Å²) in [7, 11) is 0. The van der Waals surface area contributed by atoms with E-state index >= 15 is 0 Å². The van der Waals surface area contributed by atoms with Crippen molar-refractivity contribution < 1.29 is 42.8 Å². The molecule has 0 N–H and O–H groups in total. The van der Waals surface area contributed by atoms with Gasteiger partial charge in [-0.15, -0.1) is 0 Å². The average molecular weight is 479 g/mol. The summed E-state index contributed by atoms with van der Waals surface area (Å²) in [4.78, 5) is 35.7. The first kappa shape index (κ1) is 26.2. The number of ether oxygens (including phenoxy) is 6. The third kappa shape index (κ3) is 7.29. The Morgan fingerprint density at radius 2 is 1.74 bits per heavy atom. The first-order chi connectivity index (χ1) is 16.0. The molecule has 3 rings (SSSR count). The predicted molar refractivity (Wildman–Crippen MR) is 119 cm³/mol. The van der Waals surface area contributed by atoms with Crippen molar-refractivity contribution in [1.29, 1.82) is 0 Å². The van der Waals surface area contributed by atoms with E-state index in [9.17, 15) is 14.4 Å². The first-order valence-corrected chi connectivity index (χ1v) is 11.7. The maximum Gasteiger partial charge on any atom is 0.315 e. The molecule has 188 valence electrons. The smallest absolute Gasteiger partial charge is 0.315 e. The number of carbonyl (C=O) groups excluding carboxylic acids is 3. The van der Waals surface area contributed by atoms with Crippen LogP contribution in [0.15, 0.2) is 12.2 Å². The molecule has 0 aliphatic carbocycles. The van der Waals surface area contributed by atoms with Crippen molar-refractivity contribution in [1.82, 2.24) is 0 Å². The van der Waals surface area contributed by atoms with Gasteiger partial charge in [0.05, 0.1) is 18.6 Å². The maximum absolute atomic E-state index is 12.2. The Bertz CT molecular complexity index is 847. The van der Waals surface area contributed by atoms with Gasteiger partial charge in [-0.2, -0.15) is 0 Å². The lowest BCUT2D eigenvalue weighted by Crippen LogP contribution is -2.61. The second-order valence-electron chi connectivity index (χ2n) is 9.64. The number of rotatable bonds is 4. The molecule has 3 heterocycles. The van der Waals surface area contributed by atoms with E-state index in [1.165, 1.54) is 13.8 Å². The van der Waals surface area contributed by atoms with E-state index in [1.807, 2.05) is 20.8 Å². The number of hydrogen-bond donors (Lipinski definition) is 0. The van der Waals surface area contributed by atoms with Crippen molar-refractivity contribution in [3.8, 4) is 11.8 Å². The molecule has 0 aromatic heterocycles. The Morgan fingerprint density at radius 3 is 2.35 bits per heavy atom. The minimum absolute atomic E-state index is 0.177. The quantitative estimate of drug-likeness (QED) is 0.260. The number of hydrogen-bond acceptors (Lipinski definition) is 9. The lowest BCUT2D eigenvalue weighted by molar-refractivity contribution is -0.259. The zero-order valence-electron chi connectivity index (χ0n) is 20.4. The Balaban J connectivity index is 1.67. The van der Waals surface area contributed by atoms with Crippen molar-refractivity contribution in [3.63, 3.8) is 0 Å². The fourth-order valence-corrected chi connectivity index (χ4v) is 4.18. The Hall–Kier alpha value is -2.41. The van der Waals surface area contributed by atoms with E-state index in [4.69, 9.17) is 28.4 Å². The minimum Gasteiger partial charge on any atom is -0.459 e. The highest BCUT2D eigenvalue weighted by Crippen LogP contribution is 2.34. The fourth-order valence-electron chi connectivity index (χ4n) is 4.18. The van der Waals surface area contributed by atoms with Crippen LogP contribution in [0.5, 0.6) is 0 Å². The summed E-state index contributed by atoms with van der Waals surface area (Å²) in [5, 5.41) is 0. The van der Waals surface area contributed by atoms with Crippen LogP contribution < -0.4 is 0 Å². The van der Waals surface area contributed by atoms with Gasteiger partial charge in [0.1, 0.15) is 23.9 Å². The molecule has 3 aliphatic rings. The monoisotopic (exact) mass is 478 g/mol. The molecule has 34 heavy (non-hydrogen) atoms. The van der Waals surface area contributed by atoms with Crippen molar-refractivity contribution >= 4 is 17.9 Å². The lowest BCUT2D eigenvalue weighted by atomic mass is 9.89. The topological polar surface area (TPSA) is 107 Å². The van der Waals surface area contributed by atoms with Gasteiger partial charge in [0.15, 0.2) is 12.2 Å². The third-order valence-corrected chi connectivity index (χ3v) is 5.51. The molecule has 0 saturated carbocycles. The summed E-state index contributed by atoms with van der Waals surface area (Å²) >= 11 is 0. The Labute approximate surface area is 200 Å². The van der Waals surface area contributed by atoms with Gasteiger partial charge < -0.3 is 28.4 Å². The van der Waals surface area contributed by atoms with Crippen molar-refractivity contribution in [2.45, 2.75) is 96.1 Å². The molecule has 0 aromatic carbocycles. The summed E-state index contributed by atoms with van der Waals surface area (Å²) in [5.74, 6) is 4.24. The molecule has 0 unspecified atom stereocenters. The van der Waals surface area contributed by atoms with Gasteiger partial charge in [0, 0.05) is 26.9 Å². The lowest BCUT2D eigenvalue weighted by Gasteiger charge is -2.46. The molecule has 0 bridgehead atoms. The molecule has 2 fully saturated rings. The SMILES string of the molecule is CC(=O)O[C@@H]1[C@H]2OCCC[C@@H]2O[C@H](CC#C[C@H]2C=C[C@H](C(=O)OC(C)(C)C)CO2)[C@H]1OC(C)=O. The van der Waals surface area contributed by atoms with E-state index in [0.29, 0.717) is 6.61 Å². The van der Waals surface area contributed by atoms with Crippen LogP contribution >= 0.6 is 0 Å². The molecular weight excluding hydrogens is 444 g/mol. The summed E-state index contributed by atoms with van der Waals surface area (Å²) in [6.45, 7) is 8.75. The molecule has 0 aromatic rings. The van der Waals surface area contributed by atoms with E-state index in [0.717, 1.165) is 12.8 Å². The van der Waals surface area contributed by atoms with Gasteiger partial charge in [-0.1, -0.05) is 17.9 Å². The second kappa shape index (κ2) is 11.3. The molecule has 7 atom stereocenters. The van der Waals surface area contributed by atoms with Gasteiger partial charge in [0.25, 0.3) is 0 Å². The highest BCUT2D eigenvalue weighted by atomic mass is 16.6. The van der Waals surface area contributed by atoms with Crippen LogP contribution in [0.3, 0.4) is 0 Å². The molecule has 3 aliphatic heterocycles. The molecule has 2 saturated heterocycles. The highest BCUT2D eigenvalue weighted by Gasteiger charge is 2.51. The van der Waals surface area contributed by atoms with Crippen molar-refractivity contribution in [2.75, 3.05) is 13.2 Å². The number of carbonyl (C=O) groups is 3. The predicted octanol–water partition coefficient (Wildman–Crippen LogP) is 2.10. The van der Waals surface area contributed by atoms with Crippen molar-refractivity contribution in [2.24, 2.45) is 5.92 Å². The Morgan fingerprint density at radius 1 is 1.03 bits per heavy atom. The Kier molecular flexibility index (Phi) is 8.74. The van der Waals surface area contributed by atoms with Crippen LogP contribution in [0.4, 0.5) is 0 Å². The fraction of sp³-hybridized carbons (Fsp3) is 0.720. The first-order valence-electron chi connectivity index (χ1n) is 11.7. The van der Waals surface area contributed by atoms with Crippen molar-refractivity contribution in [3.05, 3.63) is 12.2 Å². The molecule has 0 amide bonds. The molecule has 9 heteroatoms. The number of esters is 3. The van der Waals surface area contributed by atoms with E-state index in [-0.39, 0.29) is 25.1 Å². The standard InChI is InChI=1S/C25H34O9/c1-15(26)31-22-20(33-19-10-7-13-29-21(19)23(22)32-16(2)27)9-6-8-18-12-11-17(14-30-18)24(28)34-25(3,4)5/h11-12,17-23H,7,9-10,13-14H2,1-5H3/t17-,18-,19-,20+,21-,22+,23+/m0/s1. The van der Waals surface area contributed by atoms with Gasteiger partial charge in [-0.05, 0) is 39.7 Å². The van der Waals surface area contributed by atoms with Crippen LogP contribution in [0.25, 0.3) is 0 Å². The summed E-state index contributed by atoms with van der Waals surface area (Å²) in [6, 6.07) is 0. The molecule has 9 nitrogen and oxygen atoms in total. The highest BCUT2D eigenvalue weighted by molar-refractivity contribution is 5.75. The second-order valence-corrected chi connectivity index (χ2v) is 9.64. The van der Waals surface area contributed by atoms with Gasteiger partial charge in [-0.25, -0.2) is 0 Å². The van der Waals surface area contributed by atoms with Crippen LogP contribution in [0.2, 0.25) is 0 Å². The normalized spacial score (nSPS) is 33.0. The van der Waals surface area contributed by atoms with Gasteiger partial charge in [-0.3, -0.25) is 14.4 Å². The zero-order valence-corrected chi connectivity index (χ0v) is 20.4. The molecule has 0 radical (unpaired) electrons. The maximum atomic E-state index is 12.2. The van der Waals surface area contributed by atoms with Gasteiger partial charge in [0.2, 0.25) is 0 Å². The van der Waals surface area contributed by atoms with E-state index in [1.54, 1.807) is 12.2 Å². The zero-order chi connectivity index (χ0) is 24.9.